The van der Waals surface area contributed by atoms with E-state index in [1.54, 1.807) is 0 Å². The van der Waals surface area contributed by atoms with Crippen LogP contribution in [0.1, 0.15) is 20.9 Å². The number of carbonyl (C=O) groups is 2. The Balaban J connectivity index is 2.72. The molecule has 0 saturated carbocycles. The lowest BCUT2D eigenvalue weighted by Gasteiger charge is -2.06. The smallest absolute Gasteiger partial charge is 0.337 e. The molecule has 0 fully saturated rings. The van der Waals surface area contributed by atoms with E-state index in [1.165, 1.54) is 18.2 Å². The van der Waals surface area contributed by atoms with Crippen LogP contribution in [0.15, 0.2) is 33.2 Å². The molecule has 92 valence electrons. The maximum Gasteiger partial charge on any atom is 0.337 e. The zero-order valence-corrected chi connectivity index (χ0v) is 10.4. The van der Waals surface area contributed by atoms with Crippen molar-refractivity contribution in [2.24, 2.45) is 0 Å². The first-order valence-electron chi connectivity index (χ1n) is 4.81. The fourth-order valence-electron chi connectivity index (χ4n) is 1.55. The summed E-state index contributed by atoms with van der Waals surface area (Å²) in [4.78, 5) is 21.6. The van der Waals surface area contributed by atoms with Gasteiger partial charge in [0.2, 0.25) is 0 Å². The molecule has 1 N–H and O–H groups in total. The van der Waals surface area contributed by atoms with E-state index in [1.807, 2.05) is 0 Å². The third kappa shape index (κ3) is 2.06. The maximum atomic E-state index is 13.8. The zero-order valence-electron chi connectivity index (χ0n) is 8.81. The first-order valence-corrected chi connectivity index (χ1v) is 5.60. The summed E-state index contributed by atoms with van der Waals surface area (Å²) in [6.45, 7) is 0. The lowest BCUT2D eigenvalue weighted by atomic mass is 10.0. The van der Waals surface area contributed by atoms with Crippen LogP contribution in [0.3, 0.4) is 0 Å². The van der Waals surface area contributed by atoms with Crippen molar-refractivity contribution in [3.63, 3.8) is 0 Å². The summed E-state index contributed by atoms with van der Waals surface area (Å²) in [7, 11) is 0. The van der Waals surface area contributed by atoms with Crippen molar-refractivity contribution in [3.8, 4) is 11.3 Å². The topological polar surface area (TPSA) is 67.5 Å². The van der Waals surface area contributed by atoms with Gasteiger partial charge in [-0.3, -0.25) is 4.79 Å². The second-order valence-corrected chi connectivity index (χ2v) is 4.26. The number of carboxylic acid groups (broad SMARTS) is 1. The van der Waals surface area contributed by atoms with Crippen LogP contribution in [-0.2, 0) is 0 Å². The van der Waals surface area contributed by atoms with Gasteiger partial charge < -0.3 is 9.52 Å². The summed E-state index contributed by atoms with van der Waals surface area (Å²) < 4.78 is 19.0. The fraction of sp³-hybridized carbons (Fsp3) is 0. The van der Waals surface area contributed by atoms with Gasteiger partial charge in [-0.25, -0.2) is 9.18 Å². The SMILES string of the molecule is O=Cc1ccc(-c2c(F)ccc(Br)c2C(=O)O)o1. The summed E-state index contributed by atoms with van der Waals surface area (Å²) in [5.41, 5.74) is -0.438. The van der Waals surface area contributed by atoms with Crippen molar-refractivity contribution in [2.75, 3.05) is 0 Å². The molecule has 0 spiro atoms. The van der Waals surface area contributed by atoms with Crippen molar-refractivity contribution in [3.05, 3.63) is 45.9 Å². The number of halogens is 2. The molecule has 0 amide bonds. The van der Waals surface area contributed by atoms with Crippen molar-refractivity contribution in [1.82, 2.24) is 0 Å². The molecule has 0 radical (unpaired) electrons. The summed E-state index contributed by atoms with van der Waals surface area (Å²) in [5, 5.41) is 9.09. The maximum absolute atomic E-state index is 13.8. The van der Waals surface area contributed by atoms with Gasteiger partial charge >= 0.3 is 5.97 Å². The number of aromatic carboxylic acids is 1. The Morgan fingerprint density at radius 3 is 2.61 bits per heavy atom. The van der Waals surface area contributed by atoms with Crippen LogP contribution >= 0.6 is 15.9 Å². The van der Waals surface area contributed by atoms with E-state index in [2.05, 4.69) is 15.9 Å². The molecular weight excluding hydrogens is 307 g/mol. The number of furan rings is 1. The summed E-state index contributed by atoms with van der Waals surface area (Å²) in [6, 6.07) is 5.11. The van der Waals surface area contributed by atoms with Crippen LogP contribution in [0.2, 0.25) is 0 Å². The van der Waals surface area contributed by atoms with E-state index in [0.29, 0.717) is 6.29 Å². The van der Waals surface area contributed by atoms with Crippen molar-refractivity contribution >= 4 is 28.2 Å². The molecule has 0 aliphatic rings. The summed E-state index contributed by atoms with van der Waals surface area (Å²) >= 11 is 3.04. The number of carbonyl (C=O) groups excluding carboxylic acids is 1. The van der Waals surface area contributed by atoms with E-state index in [4.69, 9.17) is 9.52 Å². The van der Waals surface area contributed by atoms with Gasteiger partial charge in [0.15, 0.2) is 12.0 Å². The van der Waals surface area contributed by atoms with Gasteiger partial charge in [0.1, 0.15) is 11.6 Å². The van der Waals surface area contributed by atoms with E-state index in [9.17, 15) is 14.0 Å². The lowest BCUT2D eigenvalue weighted by Crippen LogP contribution is -2.02. The van der Waals surface area contributed by atoms with Crippen LogP contribution < -0.4 is 0 Å². The highest BCUT2D eigenvalue weighted by Gasteiger charge is 2.22. The predicted octanol–water partition coefficient (Wildman–Crippen LogP) is 3.36. The van der Waals surface area contributed by atoms with E-state index < -0.39 is 11.8 Å². The highest BCUT2D eigenvalue weighted by Crippen LogP contribution is 2.33. The quantitative estimate of drug-likeness (QED) is 0.882. The van der Waals surface area contributed by atoms with Crippen molar-refractivity contribution in [1.29, 1.82) is 0 Å². The highest BCUT2D eigenvalue weighted by molar-refractivity contribution is 9.10. The minimum absolute atomic E-state index is 0.000661. The minimum Gasteiger partial charge on any atom is -0.478 e. The monoisotopic (exact) mass is 312 g/mol. The number of hydrogen-bond donors (Lipinski definition) is 1. The minimum atomic E-state index is -1.29. The molecule has 2 aromatic rings. The van der Waals surface area contributed by atoms with Crippen molar-refractivity contribution < 1.29 is 23.5 Å². The molecule has 0 aliphatic carbocycles. The standard InChI is InChI=1S/C12H6BrFO4/c13-7-2-3-8(14)11(10(7)12(16)17)9-4-1-6(5-15)18-9/h1-5H,(H,16,17). The molecule has 4 nitrogen and oxygen atoms in total. The second-order valence-electron chi connectivity index (χ2n) is 3.40. The van der Waals surface area contributed by atoms with E-state index in [-0.39, 0.29) is 27.1 Å². The third-order valence-electron chi connectivity index (χ3n) is 2.31. The van der Waals surface area contributed by atoms with Crippen LogP contribution in [-0.4, -0.2) is 17.4 Å². The normalized spacial score (nSPS) is 10.3. The molecule has 0 bridgehead atoms. The van der Waals surface area contributed by atoms with Gasteiger partial charge in [0, 0.05) is 4.47 Å². The Bertz CT molecular complexity index is 633. The number of hydrogen-bond acceptors (Lipinski definition) is 3. The molecule has 6 heteroatoms. The summed E-state index contributed by atoms with van der Waals surface area (Å²) in [6.07, 6.45) is 0.458. The number of carboxylic acids is 1. The Morgan fingerprint density at radius 2 is 2.06 bits per heavy atom. The number of rotatable bonds is 3. The first kappa shape index (κ1) is 12.5. The van der Waals surface area contributed by atoms with Crippen molar-refractivity contribution in [2.45, 2.75) is 0 Å². The fourth-order valence-corrected chi connectivity index (χ4v) is 2.05. The van der Waals surface area contributed by atoms with E-state index >= 15 is 0 Å². The third-order valence-corrected chi connectivity index (χ3v) is 2.97. The molecular formula is C12H6BrFO4. The average Bonchev–Trinajstić information content (AvgIpc) is 2.79. The Hall–Kier alpha value is -1.95. The zero-order chi connectivity index (χ0) is 13.3. The Kier molecular flexibility index (Phi) is 3.29. The van der Waals surface area contributed by atoms with Crippen LogP contribution in [0, 0.1) is 5.82 Å². The van der Waals surface area contributed by atoms with Gasteiger partial charge in [0.05, 0.1) is 11.1 Å². The Labute approximate surface area is 109 Å². The van der Waals surface area contributed by atoms with Gasteiger partial charge in [-0.2, -0.15) is 0 Å². The molecule has 0 atom stereocenters. The molecule has 0 aliphatic heterocycles. The van der Waals surface area contributed by atoms with Gasteiger partial charge in [-0.05, 0) is 40.2 Å². The Morgan fingerprint density at radius 1 is 1.33 bits per heavy atom. The van der Waals surface area contributed by atoms with Gasteiger partial charge in [0.25, 0.3) is 0 Å². The van der Waals surface area contributed by atoms with Crippen LogP contribution in [0.5, 0.6) is 0 Å². The predicted molar refractivity (Wildman–Crippen MR) is 64.1 cm³/mol. The molecule has 0 saturated heterocycles. The molecule has 18 heavy (non-hydrogen) atoms. The average molecular weight is 313 g/mol. The van der Waals surface area contributed by atoms with Gasteiger partial charge in [-0.1, -0.05) is 0 Å². The van der Waals surface area contributed by atoms with E-state index in [0.717, 1.165) is 6.07 Å². The molecule has 2 rings (SSSR count). The number of benzene rings is 1. The molecule has 0 unspecified atom stereocenters. The number of aldehydes is 1. The highest BCUT2D eigenvalue weighted by atomic mass is 79.9. The lowest BCUT2D eigenvalue weighted by molar-refractivity contribution is 0.0696. The van der Waals surface area contributed by atoms with Crippen LogP contribution in [0.25, 0.3) is 11.3 Å². The molecule has 1 heterocycles. The van der Waals surface area contributed by atoms with Gasteiger partial charge in [-0.15, -0.1) is 0 Å². The largest absolute Gasteiger partial charge is 0.478 e. The molecule has 1 aromatic heterocycles. The molecule has 1 aromatic carbocycles. The first-order chi connectivity index (χ1) is 8.54. The van der Waals surface area contributed by atoms with Crippen LogP contribution in [0.4, 0.5) is 4.39 Å². The second kappa shape index (κ2) is 4.73. The summed E-state index contributed by atoms with van der Waals surface area (Å²) in [5.74, 6) is -2.03.